The first-order chi connectivity index (χ1) is 9.25. The van der Waals surface area contributed by atoms with Crippen molar-refractivity contribution in [2.75, 3.05) is 0 Å². The van der Waals surface area contributed by atoms with Crippen LogP contribution in [-0.4, -0.2) is 23.9 Å². The van der Waals surface area contributed by atoms with E-state index in [0.717, 1.165) is 0 Å². The Labute approximate surface area is 119 Å². The number of carbonyl (C=O) groups excluding carboxylic acids is 4. The molecule has 0 radical (unpaired) electrons. The van der Waals surface area contributed by atoms with Crippen LogP contribution >= 0.6 is 0 Å². The highest BCUT2D eigenvalue weighted by Gasteiger charge is 1.95. The van der Waals surface area contributed by atoms with Crippen molar-refractivity contribution in [2.45, 2.75) is 66.2 Å². The predicted molar refractivity (Wildman–Crippen MR) is 72.6 cm³/mol. The average Bonchev–Trinajstić information content (AvgIpc) is 2.29. The lowest BCUT2D eigenvalue weighted by molar-refractivity contribution is -0.158. The highest BCUT2D eigenvalue weighted by Crippen LogP contribution is 2.15. The van der Waals surface area contributed by atoms with E-state index in [1.165, 1.54) is 66.2 Å². The smallest absolute Gasteiger partial charge is 0.310 e. The van der Waals surface area contributed by atoms with E-state index in [2.05, 4.69) is 9.47 Å². The van der Waals surface area contributed by atoms with Crippen LogP contribution in [-0.2, 0) is 28.7 Å². The molecule has 0 N–H and O–H groups in total. The third kappa shape index (κ3) is 25.2. The topological polar surface area (TPSA) is 86.7 Å². The van der Waals surface area contributed by atoms with E-state index < -0.39 is 23.9 Å². The Morgan fingerprint density at radius 1 is 0.500 bits per heavy atom. The summed E-state index contributed by atoms with van der Waals surface area (Å²) in [5.74, 6) is -2.25. The number of carbonyl (C=O) groups is 4. The molecule has 0 bridgehead atoms. The van der Waals surface area contributed by atoms with Crippen LogP contribution in [0.15, 0.2) is 0 Å². The second kappa shape index (κ2) is 13.7. The van der Waals surface area contributed by atoms with Crippen molar-refractivity contribution in [2.24, 2.45) is 0 Å². The zero-order valence-corrected chi connectivity index (χ0v) is 12.7. The van der Waals surface area contributed by atoms with Gasteiger partial charge in [-0.2, -0.15) is 0 Å². The van der Waals surface area contributed by atoms with Gasteiger partial charge in [-0.05, 0) is 0 Å². The fourth-order valence-electron chi connectivity index (χ4n) is 1.47. The molecule has 6 nitrogen and oxygen atoms in total. The molecule has 0 heterocycles. The van der Waals surface area contributed by atoms with E-state index in [0.29, 0.717) is 0 Å². The van der Waals surface area contributed by atoms with Crippen molar-refractivity contribution in [1.29, 1.82) is 0 Å². The first kappa shape index (κ1) is 20.6. The summed E-state index contributed by atoms with van der Waals surface area (Å²) in [6.45, 7) is 4.73. The van der Waals surface area contributed by atoms with E-state index in [9.17, 15) is 19.2 Å². The molecular weight excluding hydrogens is 264 g/mol. The van der Waals surface area contributed by atoms with Crippen LogP contribution < -0.4 is 0 Å². The largest absolute Gasteiger partial charge is 0.394 e. The number of hydrogen-bond donors (Lipinski definition) is 0. The summed E-state index contributed by atoms with van der Waals surface area (Å²) in [5, 5.41) is 0. The van der Waals surface area contributed by atoms with Crippen LogP contribution in [0.1, 0.15) is 66.2 Å². The van der Waals surface area contributed by atoms with Crippen molar-refractivity contribution in [3.63, 3.8) is 0 Å². The van der Waals surface area contributed by atoms with E-state index in [4.69, 9.17) is 0 Å². The van der Waals surface area contributed by atoms with Gasteiger partial charge in [-0.25, -0.2) is 0 Å². The fourth-order valence-corrected chi connectivity index (χ4v) is 1.47. The Bertz CT molecular complexity index is 256. The predicted octanol–water partition coefficient (Wildman–Crippen LogP) is 2.53. The molecule has 116 valence electrons. The molecule has 0 atom stereocenters. The number of ether oxygens (including phenoxy) is 2. The Morgan fingerprint density at radius 3 is 0.700 bits per heavy atom. The molecule has 0 spiro atoms. The maximum atomic E-state index is 9.81. The molecule has 0 unspecified atom stereocenters. The van der Waals surface area contributed by atoms with E-state index in [1.807, 2.05) is 0 Å². The van der Waals surface area contributed by atoms with Crippen LogP contribution in [0, 0.1) is 0 Å². The van der Waals surface area contributed by atoms with Crippen molar-refractivity contribution >= 4 is 23.9 Å². The van der Waals surface area contributed by atoms with Gasteiger partial charge in [-0.3, -0.25) is 19.2 Å². The van der Waals surface area contributed by atoms with Gasteiger partial charge in [-0.15, -0.1) is 0 Å². The molecule has 1 aliphatic rings. The van der Waals surface area contributed by atoms with Gasteiger partial charge in [0, 0.05) is 27.7 Å². The SMILES string of the molecule is C1CCCCC1.CC(=O)OC(C)=O.CC(=O)OC(C)=O. The second-order valence-electron chi connectivity index (χ2n) is 4.29. The summed E-state index contributed by atoms with van der Waals surface area (Å²) in [6.07, 6.45) is 9.00. The average molecular weight is 288 g/mol. The van der Waals surface area contributed by atoms with Crippen molar-refractivity contribution in [3.05, 3.63) is 0 Å². The Morgan fingerprint density at radius 2 is 0.650 bits per heavy atom. The summed E-state index contributed by atoms with van der Waals surface area (Å²) in [6, 6.07) is 0. The minimum Gasteiger partial charge on any atom is -0.394 e. The zero-order valence-electron chi connectivity index (χ0n) is 12.7. The Balaban J connectivity index is 0. The molecule has 20 heavy (non-hydrogen) atoms. The van der Waals surface area contributed by atoms with Gasteiger partial charge in [0.05, 0.1) is 0 Å². The lowest BCUT2D eigenvalue weighted by atomic mass is 10.0. The quantitative estimate of drug-likeness (QED) is 0.503. The minimum absolute atomic E-state index is 0.562. The number of rotatable bonds is 0. The second-order valence-corrected chi connectivity index (χ2v) is 4.29. The normalized spacial score (nSPS) is 12.6. The van der Waals surface area contributed by atoms with Gasteiger partial charge < -0.3 is 9.47 Å². The first-order valence-corrected chi connectivity index (χ1v) is 6.63. The standard InChI is InChI=1S/C6H12.2C4H6O3/c1-2-4-6-5-3-1;2*1-3(5)7-4(2)6/h1-6H2;2*1-2H3. The molecule has 0 aromatic heterocycles. The lowest BCUT2D eigenvalue weighted by Gasteiger charge is -2.05. The molecule has 0 aromatic rings. The van der Waals surface area contributed by atoms with Gasteiger partial charge in [0.15, 0.2) is 0 Å². The number of hydrogen-bond acceptors (Lipinski definition) is 6. The number of esters is 4. The maximum Gasteiger partial charge on any atom is 0.310 e. The van der Waals surface area contributed by atoms with Gasteiger partial charge in [0.25, 0.3) is 0 Å². The van der Waals surface area contributed by atoms with Crippen molar-refractivity contribution in [3.8, 4) is 0 Å². The monoisotopic (exact) mass is 288 g/mol. The summed E-state index contributed by atoms with van der Waals surface area (Å²) in [5.41, 5.74) is 0. The van der Waals surface area contributed by atoms with Gasteiger partial charge in [0.2, 0.25) is 0 Å². The lowest BCUT2D eigenvalue weighted by Crippen LogP contribution is -2.03. The summed E-state index contributed by atoms with van der Waals surface area (Å²) >= 11 is 0. The van der Waals surface area contributed by atoms with Crippen LogP contribution in [0.3, 0.4) is 0 Å². The van der Waals surface area contributed by atoms with Crippen LogP contribution in [0.2, 0.25) is 0 Å². The highest BCUT2D eigenvalue weighted by molar-refractivity contribution is 5.82. The molecular formula is C14H24O6. The first-order valence-electron chi connectivity index (χ1n) is 6.63. The Hall–Kier alpha value is -1.72. The van der Waals surface area contributed by atoms with E-state index >= 15 is 0 Å². The Kier molecular flexibility index (Phi) is 14.1. The summed E-state index contributed by atoms with van der Waals surface area (Å²) < 4.78 is 7.94. The van der Waals surface area contributed by atoms with E-state index in [-0.39, 0.29) is 0 Å². The molecule has 1 aliphatic carbocycles. The molecule has 0 aliphatic heterocycles. The van der Waals surface area contributed by atoms with Gasteiger partial charge >= 0.3 is 23.9 Å². The molecule has 6 heteroatoms. The maximum absolute atomic E-state index is 9.81. The van der Waals surface area contributed by atoms with Crippen molar-refractivity contribution < 1.29 is 28.7 Å². The highest BCUT2D eigenvalue weighted by atomic mass is 16.6. The van der Waals surface area contributed by atoms with Crippen LogP contribution in [0.4, 0.5) is 0 Å². The molecule has 0 saturated heterocycles. The molecule has 1 rings (SSSR count). The van der Waals surface area contributed by atoms with Gasteiger partial charge in [0.1, 0.15) is 0 Å². The zero-order chi connectivity index (χ0) is 16.0. The van der Waals surface area contributed by atoms with Crippen LogP contribution in [0.5, 0.6) is 0 Å². The summed E-state index contributed by atoms with van der Waals surface area (Å²) in [7, 11) is 0. The molecule has 0 amide bonds. The molecule has 1 fully saturated rings. The van der Waals surface area contributed by atoms with Gasteiger partial charge in [-0.1, -0.05) is 38.5 Å². The third-order valence-corrected chi connectivity index (χ3v) is 2.07. The summed E-state index contributed by atoms with van der Waals surface area (Å²) in [4.78, 5) is 39.2. The molecule has 1 saturated carbocycles. The minimum atomic E-state index is -0.562. The van der Waals surface area contributed by atoms with Crippen molar-refractivity contribution in [1.82, 2.24) is 0 Å². The van der Waals surface area contributed by atoms with Crippen LogP contribution in [0.25, 0.3) is 0 Å². The molecule has 0 aromatic carbocycles. The third-order valence-electron chi connectivity index (χ3n) is 2.07. The van der Waals surface area contributed by atoms with E-state index in [1.54, 1.807) is 0 Å². The fraction of sp³-hybridized carbons (Fsp3) is 0.714.